The molecule has 4 rings (SSSR count). The molecule has 1 aromatic carbocycles. The number of carbonyl (C=O) groups excluding carboxylic acids is 2. The summed E-state index contributed by atoms with van der Waals surface area (Å²) in [6.07, 6.45) is 4.27. The summed E-state index contributed by atoms with van der Waals surface area (Å²) in [5.74, 6) is -0.913. The number of amides is 1. The molecular formula is C20H17BrN2O3S. The third kappa shape index (κ3) is 3.17. The van der Waals surface area contributed by atoms with E-state index in [-0.39, 0.29) is 6.42 Å². The highest BCUT2D eigenvalue weighted by Gasteiger charge is 2.43. The van der Waals surface area contributed by atoms with Gasteiger partial charge in [-0.1, -0.05) is 15.9 Å². The zero-order chi connectivity index (χ0) is 19.2. The fourth-order valence-corrected chi connectivity index (χ4v) is 5.34. The van der Waals surface area contributed by atoms with Gasteiger partial charge in [-0.2, -0.15) is 5.26 Å². The number of ether oxygens (including phenoxy) is 1. The van der Waals surface area contributed by atoms with E-state index in [0.29, 0.717) is 16.1 Å². The average molecular weight is 445 g/mol. The van der Waals surface area contributed by atoms with Crippen LogP contribution in [0.5, 0.6) is 0 Å². The van der Waals surface area contributed by atoms with Crippen LogP contribution in [0.1, 0.15) is 51.7 Å². The molecule has 1 atom stereocenters. The van der Waals surface area contributed by atoms with Gasteiger partial charge >= 0.3 is 5.97 Å². The highest BCUT2D eigenvalue weighted by Crippen LogP contribution is 2.39. The summed E-state index contributed by atoms with van der Waals surface area (Å²) in [5, 5.41) is 13.0. The highest BCUT2D eigenvalue weighted by molar-refractivity contribution is 9.10. The topological polar surface area (TPSA) is 79.2 Å². The Morgan fingerprint density at radius 2 is 2.15 bits per heavy atom. The summed E-state index contributed by atoms with van der Waals surface area (Å²) >= 11 is 4.87. The Morgan fingerprint density at radius 3 is 2.93 bits per heavy atom. The van der Waals surface area contributed by atoms with Crippen molar-refractivity contribution in [1.29, 1.82) is 5.26 Å². The maximum atomic E-state index is 13.0. The summed E-state index contributed by atoms with van der Waals surface area (Å²) in [5.41, 5.74) is 1.54. The largest absolute Gasteiger partial charge is 0.445 e. The van der Waals surface area contributed by atoms with Crippen LogP contribution in [0.15, 0.2) is 22.7 Å². The van der Waals surface area contributed by atoms with Crippen molar-refractivity contribution < 1.29 is 14.3 Å². The van der Waals surface area contributed by atoms with Crippen LogP contribution in [0.2, 0.25) is 0 Å². The summed E-state index contributed by atoms with van der Waals surface area (Å²) in [4.78, 5) is 26.6. The van der Waals surface area contributed by atoms with Gasteiger partial charge in [0, 0.05) is 15.8 Å². The van der Waals surface area contributed by atoms with E-state index < -0.39 is 17.5 Å². The number of rotatable bonds is 2. The van der Waals surface area contributed by atoms with Crippen molar-refractivity contribution in [2.24, 2.45) is 0 Å². The number of hydrogen-bond acceptors (Lipinski definition) is 5. The quantitative estimate of drug-likeness (QED) is 0.697. The molecule has 0 bridgehead atoms. The number of nitrogens with zero attached hydrogens (tertiary/aromatic N) is 1. The van der Waals surface area contributed by atoms with Gasteiger partial charge in [0.25, 0.3) is 5.91 Å². The number of fused-ring (bicyclic) bond motifs is 2. The van der Waals surface area contributed by atoms with E-state index in [4.69, 9.17) is 4.74 Å². The molecule has 0 radical (unpaired) electrons. The molecule has 0 saturated carbocycles. The van der Waals surface area contributed by atoms with Gasteiger partial charge < -0.3 is 10.1 Å². The maximum Gasteiger partial charge on any atom is 0.339 e. The lowest BCUT2D eigenvalue weighted by Crippen LogP contribution is -2.48. The molecule has 138 valence electrons. The average Bonchev–Trinajstić information content (AvgIpc) is 2.98. The predicted octanol–water partition coefficient (Wildman–Crippen LogP) is 4.37. The van der Waals surface area contributed by atoms with E-state index in [9.17, 15) is 14.9 Å². The van der Waals surface area contributed by atoms with Gasteiger partial charge in [-0.3, -0.25) is 4.79 Å². The molecule has 2 aliphatic rings. The van der Waals surface area contributed by atoms with Crippen molar-refractivity contribution >= 4 is 44.1 Å². The number of esters is 1. The van der Waals surface area contributed by atoms with Crippen molar-refractivity contribution in [1.82, 2.24) is 0 Å². The second kappa shape index (κ2) is 6.77. The molecule has 1 N–H and O–H groups in total. The van der Waals surface area contributed by atoms with Crippen molar-refractivity contribution in [3.05, 3.63) is 49.8 Å². The smallest absolute Gasteiger partial charge is 0.339 e. The monoisotopic (exact) mass is 444 g/mol. The Kier molecular flexibility index (Phi) is 4.57. The summed E-state index contributed by atoms with van der Waals surface area (Å²) in [6, 6.07) is 7.55. The standard InChI is InChI=1S/C20H17BrN2O3S/c1-20(9-11-8-12(21)6-7-13(11)18(24)26-20)19(25)23-17-15(10-22)14-4-2-3-5-16(14)27-17/h6-8H,2-5,9H2,1H3,(H,23,25). The lowest BCUT2D eigenvalue weighted by atomic mass is 9.89. The molecule has 27 heavy (non-hydrogen) atoms. The zero-order valence-corrected chi connectivity index (χ0v) is 17.1. The van der Waals surface area contributed by atoms with Crippen LogP contribution in [-0.4, -0.2) is 17.5 Å². The molecule has 1 aliphatic carbocycles. The highest BCUT2D eigenvalue weighted by atomic mass is 79.9. The normalized spacial score (nSPS) is 20.9. The minimum Gasteiger partial charge on any atom is -0.445 e. The number of anilines is 1. The molecule has 2 aromatic rings. The van der Waals surface area contributed by atoms with E-state index in [1.54, 1.807) is 19.1 Å². The molecule has 1 aliphatic heterocycles. The first kappa shape index (κ1) is 18.2. The SMILES string of the molecule is CC1(C(=O)Nc2sc3c(c2C#N)CCCC3)Cc2cc(Br)ccc2C(=O)O1. The van der Waals surface area contributed by atoms with Gasteiger partial charge in [0.1, 0.15) is 11.1 Å². The number of hydrogen-bond donors (Lipinski definition) is 1. The van der Waals surface area contributed by atoms with Gasteiger partial charge in [0.2, 0.25) is 0 Å². The van der Waals surface area contributed by atoms with E-state index in [0.717, 1.165) is 41.3 Å². The third-order valence-corrected chi connectivity index (χ3v) is 6.82. The first-order chi connectivity index (χ1) is 12.9. The Morgan fingerprint density at radius 1 is 1.37 bits per heavy atom. The maximum absolute atomic E-state index is 13.0. The van der Waals surface area contributed by atoms with Crippen LogP contribution in [0.4, 0.5) is 5.00 Å². The zero-order valence-electron chi connectivity index (χ0n) is 14.7. The van der Waals surface area contributed by atoms with E-state index in [1.807, 2.05) is 6.07 Å². The Labute approximate surface area is 169 Å². The molecule has 0 fully saturated rings. The summed E-state index contributed by atoms with van der Waals surface area (Å²) < 4.78 is 6.35. The second-order valence-electron chi connectivity index (χ2n) is 7.08. The van der Waals surface area contributed by atoms with Crippen LogP contribution in [0.3, 0.4) is 0 Å². The van der Waals surface area contributed by atoms with Gasteiger partial charge in [-0.15, -0.1) is 11.3 Å². The van der Waals surface area contributed by atoms with Crippen LogP contribution >= 0.6 is 27.3 Å². The molecule has 2 heterocycles. The lowest BCUT2D eigenvalue weighted by Gasteiger charge is -2.33. The molecule has 1 amide bonds. The van der Waals surface area contributed by atoms with Gasteiger partial charge in [0.05, 0.1) is 11.1 Å². The fourth-order valence-electron chi connectivity index (χ4n) is 3.70. The van der Waals surface area contributed by atoms with Crippen molar-refractivity contribution in [3.63, 3.8) is 0 Å². The first-order valence-corrected chi connectivity index (χ1v) is 10.4. The number of aryl methyl sites for hydroxylation is 1. The number of cyclic esters (lactones) is 1. The Bertz CT molecular complexity index is 1010. The number of nitrogens with one attached hydrogen (secondary N) is 1. The number of thiophene rings is 1. The molecule has 0 spiro atoms. The summed E-state index contributed by atoms with van der Waals surface area (Å²) in [6.45, 7) is 1.61. The fraction of sp³-hybridized carbons (Fsp3) is 0.350. The van der Waals surface area contributed by atoms with Crippen molar-refractivity contribution in [2.45, 2.75) is 44.6 Å². The first-order valence-electron chi connectivity index (χ1n) is 8.79. The van der Waals surface area contributed by atoms with Crippen LogP contribution in [-0.2, 0) is 28.8 Å². The molecule has 1 unspecified atom stereocenters. The Balaban J connectivity index is 1.63. The van der Waals surface area contributed by atoms with Crippen LogP contribution in [0.25, 0.3) is 0 Å². The van der Waals surface area contributed by atoms with Gasteiger partial charge in [-0.05, 0) is 61.9 Å². The number of benzene rings is 1. The van der Waals surface area contributed by atoms with Crippen LogP contribution in [0, 0.1) is 11.3 Å². The van der Waals surface area contributed by atoms with E-state index >= 15 is 0 Å². The number of halogens is 1. The molecule has 0 saturated heterocycles. The van der Waals surface area contributed by atoms with E-state index in [2.05, 4.69) is 27.3 Å². The van der Waals surface area contributed by atoms with Crippen molar-refractivity contribution in [3.8, 4) is 6.07 Å². The molecule has 5 nitrogen and oxygen atoms in total. The molecule has 1 aromatic heterocycles. The molecular weight excluding hydrogens is 428 g/mol. The minimum absolute atomic E-state index is 0.284. The van der Waals surface area contributed by atoms with E-state index in [1.165, 1.54) is 16.2 Å². The number of nitriles is 1. The predicted molar refractivity (Wildman–Crippen MR) is 106 cm³/mol. The lowest BCUT2D eigenvalue weighted by molar-refractivity contribution is -0.134. The minimum atomic E-state index is -1.32. The summed E-state index contributed by atoms with van der Waals surface area (Å²) in [7, 11) is 0. The number of carbonyl (C=O) groups is 2. The third-order valence-electron chi connectivity index (χ3n) is 5.12. The van der Waals surface area contributed by atoms with Gasteiger partial charge in [0.15, 0.2) is 5.60 Å². The second-order valence-corrected chi connectivity index (χ2v) is 9.10. The molecule has 7 heteroatoms. The Hall–Kier alpha value is -2.17. The van der Waals surface area contributed by atoms with Gasteiger partial charge in [-0.25, -0.2) is 4.79 Å². The van der Waals surface area contributed by atoms with Crippen molar-refractivity contribution in [2.75, 3.05) is 5.32 Å². The van der Waals surface area contributed by atoms with Crippen LogP contribution < -0.4 is 5.32 Å².